The maximum absolute atomic E-state index is 11.8. The van der Waals surface area contributed by atoms with Gasteiger partial charge >= 0.3 is 0 Å². The second-order valence-corrected chi connectivity index (χ2v) is 5.04. The molecule has 2 N–H and O–H groups in total. The molecule has 4 nitrogen and oxygen atoms in total. The van der Waals surface area contributed by atoms with Gasteiger partial charge in [0.1, 0.15) is 0 Å². The lowest BCUT2D eigenvalue weighted by atomic mass is 10.1. The van der Waals surface area contributed by atoms with Crippen molar-refractivity contribution in [1.82, 2.24) is 10.3 Å². The number of carbonyl (C=O) groups excluding carboxylic acids is 1. The summed E-state index contributed by atoms with van der Waals surface area (Å²) in [7, 11) is 0. The summed E-state index contributed by atoms with van der Waals surface area (Å²) in [6, 6.07) is 11.8. The van der Waals surface area contributed by atoms with Crippen molar-refractivity contribution in [3.63, 3.8) is 0 Å². The van der Waals surface area contributed by atoms with Crippen LogP contribution in [0, 0.1) is 13.8 Å². The van der Waals surface area contributed by atoms with Crippen LogP contribution in [0.15, 0.2) is 42.6 Å². The molecule has 1 aromatic carbocycles. The van der Waals surface area contributed by atoms with Gasteiger partial charge in [-0.3, -0.25) is 9.78 Å². The maximum atomic E-state index is 11.8. The Morgan fingerprint density at radius 1 is 1.10 bits per heavy atom. The minimum Gasteiger partial charge on any atom is -0.384 e. The van der Waals surface area contributed by atoms with E-state index >= 15 is 0 Å². The fourth-order valence-corrected chi connectivity index (χ4v) is 2.17. The Labute approximate surface area is 125 Å². The molecule has 4 heteroatoms. The number of nitrogens with zero attached hydrogens (tertiary/aromatic N) is 1. The predicted octanol–water partition coefficient (Wildman–Crippen LogP) is 2.82. The van der Waals surface area contributed by atoms with E-state index in [2.05, 4.69) is 41.6 Å². The van der Waals surface area contributed by atoms with E-state index in [-0.39, 0.29) is 5.91 Å². The van der Waals surface area contributed by atoms with Crippen molar-refractivity contribution < 1.29 is 4.79 Å². The van der Waals surface area contributed by atoms with E-state index in [1.807, 2.05) is 24.3 Å². The van der Waals surface area contributed by atoms with Crippen molar-refractivity contribution in [2.75, 3.05) is 11.9 Å². The Bertz CT molecular complexity index is 576. The number of carbonyl (C=O) groups is 1. The summed E-state index contributed by atoms with van der Waals surface area (Å²) in [5.41, 5.74) is 4.39. The number of aryl methyl sites for hydroxylation is 2. The summed E-state index contributed by atoms with van der Waals surface area (Å²) < 4.78 is 0. The summed E-state index contributed by atoms with van der Waals surface area (Å²) in [5.74, 6) is 0.0272. The van der Waals surface area contributed by atoms with E-state index in [4.69, 9.17) is 0 Å². The van der Waals surface area contributed by atoms with Crippen LogP contribution in [-0.2, 0) is 11.3 Å². The Hall–Kier alpha value is -2.36. The predicted molar refractivity (Wildman–Crippen MR) is 85.1 cm³/mol. The van der Waals surface area contributed by atoms with Crippen molar-refractivity contribution in [1.29, 1.82) is 0 Å². The van der Waals surface area contributed by atoms with Gasteiger partial charge in [0, 0.05) is 24.8 Å². The average molecular weight is 283 g/mol. The van der Waals surface area contributed by atoms with E-state index in [0.29, 0.717) is 19.5 Å². The minimum atomic E-state index is 0.0272. The first-order valence-electron chi connectivity index (χ1n) is 7.13. The van der Waals surface area contributed by atoms with Crippen molar-refractivity contribution in [2.45, 2.75) is 26.8 Å². The molecule has 0 aliphatic rings. The topological polar surface area (TPSA) is 54.0 Å². The zero-order valence-electron chi connectivity index (χ0n) is 12.5. The smallest absolute Gasteiger partial charge is 0.222 e. The number of hydrogen-bond acceptors (Lipinski definition) is 3. The number of para-hydroxylation sites is 1. The molecule has 1 aromatic heterocycles. The first kappa shape index (κ1) is 15.0. The lowest BCUT2D eigenvalue weighted by Crippen LogP contribution is -2.25. The molecule has 0 fully saturated rings. The highest BCUT2D eigenvalue weighted by Gasteiger charge is 2.04. The van der Waals surface area contributed by atoms with Crippen molar-refractivity contribution >= 4 is 11.6 Å². The molecule has 0 radical (unpaired) electrons. The van der Waals surface area contributed by atoms with Crippen molar-refractivity contribution in [2.24, 2.45) is 0 Å². The fraction of sp³-hybridized carbons (Fsp3) is 0.294. The van der Waals surface area contributed by atoms with Gasteiger partial charge in [0.15, 0.2) is 0 Å². The number of hydrogen-bond donors (Lipinski definition) is 2. The van der Waals surface area contributed by atoms with Gasteiger partial charge in [-0.1, -0.05) is 24.3 Å². The Morgan fingerprint density at radius 3 is 2.52 bits per heavy atom. The molecule has 110 valence electrons. The highest BCUT2D eigenvalue weighted by Crippen LogP contribution is 2.18. The molecule has 0 atom stereocenters. The number of rotatable bonds is 6. The van der Waals surface area contributed by atoms with Crippen LogP contribution in [0.25, 0.3) is 0 Å². The lowest BCUT2D eigenvalue weighted by molar-refractivity contribution is -0.121. The quantitative estimate of drug-likeness (QED) is 0.857. The van der Waals surface area contributed by atoms with Gasteiger partial charge in [0.2, 0.25) is 5.91 Å². The maximum Gasteiger partial charge on any atom is 0.222 e. The first-order chi connectivity index (χ1) is 10.2. The highest BCUT2D eigenvalue weighted by atomic mass is 16.1. The van der Waals surface area contributed by atoms with Gasteiger partial charge in [-0.2, -0.15) is 0 Å². The summed E-state index contributed by atoms with van der Waals surface area (Å²) in [6.45, 7) is 5.23. The number of nitrogens with one attached hydrogen (secondary N) is 2. The first-order valence-corrected chi connectivity index (χ1v) is 7.13. The van der Waals surface area contributed by atoms with Crippen LogP contribution < -0.4 is 10.6 Å². The number of amides is 1. The van der Waals surface area contributed by atoms with Crippen LogP contribution in [-0.4, -0.2) is 17.4 Å². The van der Waals surface area contributed by atoms with Crippen LogP contribution in [0.1, 0.15) is 23.2 Å². The van der Waals surface area contributed by atoms with Crippen LogP contribution in [0.5, 0.6) is 0 Å². The van der Waals surface area contributed by atoms with E-state index in [9.17, 15) is 4.79 Å². The monoisotopic (exact) mass is 283 g/mol. The zero-order chi connectivity index (χ0) is 15.1. The number of pyridine rings is 1. The lowest BCUT2D eigenvalue weighted by Gasteiger charge is -2.12. The fourth-order valence-electron chi connectivity index (χ4n) is 2.17. The molecule has 0 aliphatic heterocycles. The van der Waals surface area contributed by atoms with E-state index in [1.165, 1.54) is 11.1 Å². The summed E-state index contributed by atoms with van der Waals surface area (Å²) in [6.07, 6.45) is 2.17. The molecule has 0 saturated heterocycles. The molecule has 1 heterocycles. The molecular formula is C17H21N3O. The molecule has 0 unspecified atom stereocenters. The molecule has 0 saturated carbocycles. The van der Waals surface area contributed by atoms with Gasteiger partial charge in [0.05, 0.1) is 12.2 Å². The number of anilines is 1. The van der Waals surface area contributed by atoms with E-state index < -0.39 is 0 Å². The SMILES string of the molecule is Cc1cccc(C)c1NCCC(=O)NCc1ccccn1. The van der Waals surface area contributed by atoms with Crippen LogP contribution in [0.4, 0.5) is 5.69 Å². The van der Waals surface area contributed by atoms with Gasteiger partial charge in [-0.25, -0.2) is 0 Å². The summed E-state index contributed by atoms with van der Waals surface area (Å²) >= 11 is 0. The van der Waals surface area contributed by atoms with Gasteiger partial charge in [0.25, 0.3) is 0 Å². The largest absolute Gasteiger partial charge is 0.384 e. The highest BCUT2D eigenvalue weighted by molar-refractivity contribution is 5.76. The number of aromatic nitrogens is 1. The second-order valence-electron chi connectivity index (χ2n) is 5.04. The van der Waals surface area contributed by atoms with Crippen molar-refractivity contribution in [3.05, 3.63) is 59.4 Å². The third-order valence-corrected chi connectivity index (χ3v) is 3.33. The summed E-state index contributed by atoms with van der Waals surface area (Å²) in [5, 5.41) is 6.21. The third-order valence-electron chi connectivity index (χ3n) is 3.33. The van der Waals surface area contributed by atoms with E-state index in [0.717, 1.165) is 11.4 Å². The van der Waals surface area contributed by atoms with E-state index in [1.54, 1.807) is 6.20 Å². The Kier molecular flexibility index (Phi) is 5.32. The zero-order valence-corrected chi connectivity index (χ0v) is 12.5. The Morgan fingerprint density at radius 2 is 1.86 bits per heavy atom. The molecule has 21 heavy (non-hydrogen) atoms. The van der Waals surface area contributed by atoms with Crippen LogP contribution in [0.3, 0.4) is 0 Å². The van der Waals surface area contributed by atoms with Crippen molar-refractivity contribution in [3.8, 4) is 0 Å². The normalized spacial score (nSPS) is 10.2. The molecule has 0 aliphatic carbocycles. The minimum absolute atomic E-state index is 0.0272. The average Bonchev–Trinajstić information content (AvgIpc) is 2.49. The Balaban J connectivity index is 1.75. The van der Waals surface area contributed by atoms with Crippen LogP contribution >= 0.6 is 0 Å². The van der Waals surface area contributed by atoms with Gasteiger partial charge in [-0.15, -0.1) is 0 Å². The second kappa shape index (κ2) is 7.43. The molecule has 2 rings (SSSR count). The molecule has 2 aromatic rings. The standard InChI is InChI=1S/C17H21N3O/c1-13-6-5-7-14(2)17(13)19-11-9-16(21)20-12-15-8-3-4-10-18-15/h3-8,10,19H,9,11-12H2,1-2H3,(H,20,21). The van der Waals surface area contributed by atoms with Gasteiger partial charge < -0.3 is 10.6 Å². The molecule has 1 amide bonds. The molecular weight excluding hydrogens is 262 g/mol. The molecule has 0 spiro atoms. The van der Waals surface area contributed by atoms with Crippen LogP contribution in [0.2, 0.25) is 0 Å². The number of benzene rings is 1. The molecule has 0 bridgehead atoms. The van der Waals surface area contributed by atoms with Gasteiger partial charge in [-0.05, 0) is 37.1 Å². The third kappa shape index (κ3) is 4.60. The summed E-state index contributed by atoms with van der Waals surface area (Å²) in [4.78, 5) is 16.0.